The second kappa shape index (κ2) is 5.83. The van der Waals surface area contributed by atoms with Crippen LogP contribution < -0.4 is 5.32 Å². The van der Waals surface area contributed by atoms with E-state index in [4.69, 9.17) is 0 Å². The summed E-state index contributed by atoms with van der Waals surface area (Å²) in [7, 11) is 0. The number of nitrogens with zero attached hydrogens (tertiary/aromatic N) is 1. The molecule has 0 saturated carbocycles. The predicted octanol–water partition coefficient (Wildman–Crippen LogP) is 3.46. The van der Waals surface area contributed by atoms with Crippen molar-refractivity contribution in [2.45, 2.75) is 39.7 Å². The molecule has 0 bridgehead atoms. The highest BCUT2D eigenvalue weighted by Crippen LogP contribution is 2.18. The van der Waals surface area contributed by atoms with Crippen LogP contribution in [0.4, 0.5) is 0 Å². The molecule has 1 N–H and O–H groups in total. The number of aryl methyl sites for hydroxylation is 1. The molecule has 1 aromatic carbocycles. The van der Waals surface area contributed by atoms with Gasteiger partial charge in [0.2, 0.25) is 0 Å². The summed E-state index contributed by atoms with van der Waals surface area (Å²) in [6, 6.07) is 9.82. The van der Waals surface area contributed by atoms with Crippen molar-refractivity contribution in [3.05, 3.63) is 41.6 Å². The Kier molecular flexibility index (Phi) is 4.15. The molecule has 0 unspecified atom stereocenters. The van der Waals surface area contributed by atoms with E-state index in [1.807, 2.05) is 44.2 Å². The van der Waals surface area contributed by atoms with Gasteiger partial charge in [-0.3, -0.25) is 9.78 Å². The number of hydrogen-bond donors (Lipinski definition) is 1. The van der Waals surface area contributed by atoms with Gasteiger partial charge >= 0.3 is 0 Å². The maximum Gasteiger partial charge on any atom is 0.252 e. The lowest BCUT2D eigenvalue weighted by atomic mass is 10.1. The quantitative estimate of drug-likeness (QED) is 0.910. The molecule has 2 rings (SSSR count). The van der Waals surface area contributed by atoms with Crippen molar-refractivity contribution in [2.24, 2.45) is 0 Å². The zero-order chi connectivity index (χ0) is 13.8. The number of benzene rings is 1. The molecule has 1 heterocycles. The predicted molar refractivity (Wildman–Crippen MR) is 78.3 cm³/mol. The normalized spacial score (nSPS) is 12.4. The molecule has 3 heteroatoms. The Labute approximate surface area is 114 Å². The number of fused-ring (bicyclic) bond motifs is 1. The third kappa shape index (κ3) is 3.11. The number of para-hydroxylation sites is 1. The standard InChI is InChI=1S/C16H20N2O/c1-4-7-11(2)18-16(19)14-10-12(3)17-15-9-6-5-8-13(14)15/h5-6,8-11H,4,7H2,1-3H3,(H,18,19)/t11-/m0/s1. The summed E-state index contributed by atoms with van der Waals surface area (Å²) in [4.78, 5) is 16.8. The lowest BCUT2D eigenvalue weighted by Crippen LogP contribution is -2.32. The van der Waals surface area contributed by atoms with Crippen LogP contribution in [0.5, 0.6) is 0 Å². The summed E-state index contributed by atoms with van der Waals surface area (Å²) < 4.78 is 0. The first-order valence-corrected chi connectivity index (χ1v) is 6.79. The van der Waals surface area contributed by atoms with Crippen LogP contribution in [0.2, 0.25) is 0 Å². The molecule has 2 aromatic rings. The fourth-order valence-electron chi connectivity index (χ4n) is 2.30. The SMILES string of the molecule is CCC[C@H](C)NC(=O)c1cc(C)nc2ccccc12. The largest absolute Gasteiger partial charge is 0.350 e. The van der Waals surface area contributed by atoms with Crippen molar-refractivity contribution in [1.82, 2.24) is 10.3 Å². The van der Waals surface area contributed by atoms with Crippen LogP contribution >= 0.6 is 0 Å². The van der Waals surface area contributed by atoms with Crippen LogP contribution in [-0.2, 0) is 0 Å². The minimum Gasteiger partial charge on any atom is -0.350 e. The van der Waals surface area contributed by atoms with E-state index in [-0.39, 0.29) is 11.9 Å². The molecule has 0 aliphatic rings. The summed E-state index contributed by atoms with van der Waals surface area (Å²) in [5.41, 5.74) is 2.45. The highest BCUT2D eigenvalue weighted by atomic mass is 16.1. The summed E-state index contributed by atoms with van der Waals surface area (Å²) in [5, 5.41) is 3.96. The number of aromatic nitrogens is 1. The Hall–Kier alpha value is -1.90. The van der Waals surface area contributed by atoms with E-state index in [1.165, 1.54) is 0 Å². The van der Waals surface area contributed by atoms with Gasteiger partial charge in [-0.1, -0.05) is 31.5 Å². The third-order valence-corrected chi connectivity index (χ3v) is 3.19. The van der Waals surface area contributed by atoms with Gasteiger partial charge < -0.3 is 5.32 Å². The van der Waals surface area contributed by atoms with Crippen molar-refractivity contribution >= 4 is 16.8 Å². The molecular formula is C16H20N2O. The Morgan fingerprint density at radius 1 is 1.37 bits per heavy atom. The number of amides is 1. The van der Waals surface area contributed by atoms with Crippen LogP contribution in [0.3, 0.4) is 0 Å². The monoisotopic (exact) mass is 256 g/mol. The van der Waals surface area contributed by atoms with E-state index < -0.39 is 0 Å². The number of nitrogens with one attached hydrogen (secondary N) is 1. The van der Waals surface area contributed by atoms with E-state index in [0.717, 1.165) is 29.4 Å². The van der Waals surface area contributed by atoms with Crippen LogP contribution in [0.15, 0.2) is 30.3 Å². The van der Waals surface area contributed by atoms with Crippen molar-refractivity contribution in [2.75, 3.05) is 0 Å². The molecule has 19 heavy (non-hydrogen) atoms. The molecule has 1 aromatic heterocycles. The van der Waals surface area contributed by atoms with Gasteiger partial charge in [-0.25, -0.2) is 0 Å². The molecule has 0 fully saturated rings. The van der Waals surface area contributed by atoms with Gasteiger partial charge in [0, 0.05) is 17.1 Å². The topological polar surface area (TPSA) is 42.0 Å². The summed E-state index contributed by atoms with van der Waals surface area (Å²) in [6.07, 6.45) is 2.06. The highest BCUT2D eigenvalue weighted by Gasteiger charge is 2.13. The van der Waals surface area contributed by atoms with Crippen LogP contribution in [0.25, 0.3) is 10.9 Å². The maximum atomic E-state index is 12.4. The second-order valence-corrected chi connectivity index (χ2v) is 4.99. The van der Waals surface area contributed by atoms with Gasteiger partial charge in [0.1, 0.15) is 0 Å². The van der Waals surface area contributed by atoms with Crippen LogP contribution in [0, 0.1) is 6.92 Å². The summed E-state index contributed by atoms with van der Waals surface area (Å²) in [6.45, 7) is 6.07. The molecule has 0 spiro atoms. The first-order chi connectivity index (χ1) is 9.11. The average molecular weight is 256 g/mol. The number of hydrogen-bond acceptors (Lipinski definition) is 2. The maximum absolute atomic E-state index is 12.4. The fraction of sp³-hybridized carbons (Fsp3) is 0.375. The number of rotatable bonds is 4. The molecule has 1 amide bonds. The van der Waals surface area contributed by atoms with Crippen molar-refractivity contribution in [1.29, 1.82) is 0 Å². The fourth-order valence-corrected chi connectivity index (χ4v) is 2.30. The van der Waals surface area contributed by atoms with Gasteiger partial charge in [0.15, 0.2) is 0 Å². The van der Waals surface area contributed by atoms with Gasteiger partial charge in [0.25, 0.3) is 5.91 Å². The highest BCUT2D eigenvalue weighted by molar-refractivity contribution is 6.06. The van der Waals surface area contributed by atoms with Crippen LogP contribution in [-0.4, -0.2) is 16.9 Å². The summed E-state index contributed by atoms with van der Waals surface area (Å²) in [5.74, 6) is -0.0114. The zero-order valence-electron chi connectivity index (χ0n) is 11.7. The third-order valence-electron chi connectivity index (χ3n) is 3.19. The Morgan fingerprint density at radius 2 is 2.11 bits per heavy atom. The van der Waals surface area contributed by atoms with Gasteiger partial charge in [-0.15, -0.1) is 0 Å². The Balaban J connectivity index is 2.36. The van der Waals surface area contributed by atoms with E-state index in [2.05, 4.69) is 17.2 Å². The van der Waals surface area contributed by atoms with E-state index in [0.29, 0.717) is 5.56 Å². The first kappa shape index (κ1) is 13.5. The molecule has 0 aliphatic heterocycles. The van der Waals surface area contributed by atoms with Crippen molar-refractivity contribution < 1.29 is 4.79 Å². The molecular weight excluding hydrogens is 236 g/mol. The minimum absolute atomic E-state index is 0.0114. The minimum atomic E-state index is -0.0114. The smallest absolute Gasteiger partial charge is 0.252 e. The summed E-state index contributed by atoms with van der Waals surface area (Å²) >= 11 is 0. The van der Waals surface area contributed by atoms with Crippen molar-refractivity contribution in [3.8, 4) is 0 Å². The van der Waals surface area contributed by atoms with Gasteiger partial charge in [-0.2, -0.15) is 0 Å². The van der Waals surface area contributed by atoms with Crippen molar-refractivity contribution in [3.63, 3.8) is 0 Å². The van der Waals surface area contributed by atoms with E-state index in [9.17, 15) is 4.79 Å². The molecule has 3 nitrogen and oxygen atoms in total. The molecule has 0 radical (unpaired) electrons. The average Bonchev–Trinajstić information content (AvgIpc) is 2.37. The molecule has 0 saturated heterocycles. The van der Waals surface area contributed by atoms with Gasteiger partial charge in [0.05, 0.1) is 11.1 Å². The first-order valence-electron chi connectivity index (χ1n) is 6.79. The lowest BCUT2D eigenvalue weighted by molar-refractivity contribution is 0.0940. The second-order valence-electron chi connectivity index (χ2n) is 4.99. The van der Waals surface area contributed by atoms with E-state index >= 15 is 0 Å². The molecule has 100 valence electrons. The Bertz CT molecular complexity index is 592. The molecule has 1 atom stereocenters. The molecule has 0 aliphatic carbocycles. The number of carbonyl (C=O) groups is 1. The Morgan fingerprint density at radius 3 is 2.84 bits per heavy atom. The zero-order valence-corrected chi connectivity index (χ0v) is 11.7. The van der Waals surface area contributed by atoms with Crippen LogP contribution in [0.1, 0.15) is 42.7 Å². The van der Waals surface area contributed by atoms with Gasteiger partial charge in [-0.05, 0) is 32.4 Å². The number of carbonyl (C=O) groups excluding carboxylic acids is 1. The van der Waals surface area contributed by atoms with E-state index in [1.54, 1.807) is 0 Å². The number of pyridine rings is 1. The lowest BCUT2D eigenvalue weighted by Gasteiger charge is -2.14.